The first-order valence-electron chi connectivity index (χ1n) is 10.4. The number of nitrogens with zero attached hydrogens (tertiary/aromatic N) is 3. The van der Waals surface area contributed by atoms with Crippen LogP contribution >= 0.6 is 35.6 Å². The third-order valence-corrected chi connectivity index (χ3v) is 7.20. The Hall–Kier alpha value is -0.880. The van der Waals surface area contributed by atoms with Crippen molar-refractivity contribution in [3.8, 4) is 0 Å². The van der Waals surface area contributed by atoms with Crippen LogP contribution in [0.5, 0.6) is 0 Å². The summed E-state index contributed by atoms with van der Waals surface area (Å²) in [5, 5.41) is 4.01. The van der Waals surface area contributed by atoms with Crippen molar-refractivity contribution in [1.29, 1.82) is 0 Å². The number of halogens is 3. The molecule has 0 atom stereocenters. The summed E-state index contributed by atoms with van der Waals surface area (Å²) in [4.78, 5) is 18.6. The number of hydrogen-bond acceptors (Lipinski definition) is 3. The fourth-order valence-electron chi connectivity index (χ4n) is 4.48. The van der Waals surface area contributed by atoms with Crippen LogP contribution in [0.25, 0.3) is 0 Å². The van der Waals surface area contributed by atoms with Gasteiger partial charge in [0.25, 0.3) is 0 Å². The summed E-state index contributed by atoms with van der Waals surface area (Å²) < 4.78 is 0. The van der Waals surface area contributed by atoms with Gasteiger partial charge in [-0.25, -0.2) is 4.79 Å². The summed E-state index contributed by atoms with van der Waals surface area (Å²) >= 11 is 12.5. The van der Waals surface area contributed by atoms with Gasteiger partial charge in [0, 0.05) is 46.3 Å². The molecule has 1 N–H and O–H groups in total. The fourth-order valence-corrected chi connectivity index (χ4v) is 4.89. The van der Waals surface area contributed by atoms with Crippen molar-refractivity contribution in [1.82, 2.24) is 15.1 Å². The molecule has 3 rings (SSSR count). The molecule has 2 amide bonds. The molecule has 0 radical (unpaired) electrons. The average molecular weight is 464 g/mol. The largest absolute Gasteiger partial charge is 0.368 e. The number of carbonyl (C=O) groups is 1. The van der Waals surface area contributed by atoms with Gasteiger partial charge in [0.05, 0.1) is 15.7 Å². The Morgan fingerprint density at radius 2 is 1.79 bits per heavy atom. The molecule has 2 aliphatic rings. The Morgan fingerprint density at radius 1 is 1.14 bits per heavy atom. The highest BCUT2D eigenvalue weighted by Crippen LogP contribution is 2.33. The first-order chi connectivity index (χ1) is 13.5. The maximum absolute atomic E-state index is 11.8. The Balaban J connectivity index is 0.00000300. The van der Waals surface area contributed by atoms with Gasteiger partial charge in [0.15, 0.2) is 0 Å². The van der Waals surface area contributed by atoms with Crippen molar-refractivity contribution >= 4 is 47.3 Å². The number of urea groups is 1. The minimum Gasteiger partial charge on any atom is -0.368 e. The minimum atomic E-state index is 0. The molecule has 2 fully saturated rings. The first kappa shape index (κ1) is 24.4. The lowest BCUT2D eigenvalue weighted by Gasteiger charge is -2.38. The number of hydrogen-bond donors (Lipinski definition) is 1. The van der Waals surface area contributed by atoms with E-state index >= 15 is 0 Å². The van der Waals surface area contributed by atoms with Gasteiger partial charge >= 0.3 is 6.03 Å². The molecule has 8 heteroatoms. The van der Waals surface area contributed by atoms with Crippen LogP contribution in [0, 0.1) is 5.92 Å². The van der Waals surface area contributed by atoms with Crippen molar-refractivity contribution < 1.29 is 4.79 Å². The van der Waals surface area contributed by atoms with E-state index in [2.05, 4.69) is 21.2 Å². The second-order valence-electron chi connectivity index (χ2n) is 8.03. The van der Waals surface area contributed by atoms with E-state index in [4.69, 9.17) is 23.2 Å². The van der Waals surface area contributed by atoms with E-state index in [0.29, 0.717) is 16.1 Å². The van der Waals surface area contributed by atoms with E-state index in [1.54, 1.807) is 7.05 Å². The molecule has 1 saturated carbocycles. The van der Waals surface area contributed by atoms with Gasteiger partial charge in [-0.05, 0) is 56.7 Å². The molecule has 0 bridgehead atoms. The predicted octanol–water partition coefficient (Wildman–Crippen LogP) is 4.76. The highest BCUT2D eigenvalue weighted by molar-refractivity contribution is 6.43. The zero-order chi connectivity index (χ0) is 20.1. The van der Waals surface area contributed by atoms with Crippen molar-refractivity contribution in [2.75, 3.05) is 51.7 Å². The first-order valence-corrected chi connectivity index (χ1v) is 11.1. The highest BCUT2D eigenvalue weighted by atomic mass is 35.5. The molecule has 1 aromatic rings. The number of anilines is 1. The third-order valence-electron chi connectivity index (χ3n) is 6.40. The van der Waals surface area contributed by atoms with Crippen molar-refractivity contribution in [3.05, 3.63) is 28.2 Å². The molecule has 0 aromatic heterocycles. The smallest absolute Gasteiger partial charge is 0.317 e. The number of piperazine rings is 1. The molecule has 1 aliphatic heterocycles. The number of nitrogens with one attached hydrogen (secondary N) is 1. The van der Waals surface area contributed by atoms with Gasteiger partial charge in [-0.3, -0.25) is 4.90 Å². The number of benzene rings is 1. The topological polar surface area (TPSA) is 38.8 Å². The summed E-state index contributed by atoms with van der Waals surface area (Å²) in [6.07, 6.45) is 5.95. The van der Waals surface area contributed by atoms with E-state index in [1.807, 2.05) is 24.1 Å². The average Bonchev–Trinajstić information content (AvgIpc) is 2.74. The molecule has 1 aliphatic carbocycles. The standard InChI is InChI=1S/C21H32Cl2N4O.ClH/c1-24-21(28)25(2)17-8-6-16(7-9-17)10-11-26-12-14-27(15-13-26)19-5-3-4-18(22)20(19)23;/h3-5,16-17H,6-15H2,1-2H3,(H,24,28);1H. The van der Waals surface area contributed by atoms with E-state index in [9.17, 15) is 4.79 Å². The van der Waals surface area contributed by atoms with Crippen LogP contribution in [0.4, 0.5) is 10.5 Å². The van der Waals surface area contributed by atoms with Crippen molar-refractivity contribution in [2.45, 2.75) is 38.1 Å². The molecule has 0 unspecified atom stereocenters. The molecule has 1 aromatic carbocycles. The van der Waals surface area contributed by atoms with Crippen LogP contribution in [-0.4, -0.2) is 68.7 Å². The second kappa shape index (κ2) is 11.5. The molecule has 164 valence electrons. The van der Waals surface area contributed by atoms with E-state index in [-0.39, 0.29) is 18.4 Å². The minimum absolute atomic E-state index is 0. The van der Waals surface area contributed by atoms with Crippen LogP contribution in [0.15, 0.2) is 18.2 Å². The summed E-state index contributed by atoms with van der Waals surface area (Å²) in [5.41, 5.74) is 1.05. The summed E-state index contributed by atoms with van der Waals surface area (Å²) in [6.45, 7) is 5.28. The van der Waals surface area contributed by atoms with Gasteiger partial charge in [-0.2, -0.15) is 0 Å². The van der Waals surface area contributed by atoms with Gasteiger partial charge in [-0.1, -0.05) is 29.3 Å². The quantitative estimate of drug-likeness (QED) is 0.684. The summed E-state index contributed by atoms with van der Waals surface area (Å²) in [7, 11) is 3.61. The monoisotopic (exact) mass is 462 g/mol. The van der Waals surface area contributed by atoms with Crippen LogP contribution in [-0.2, 0) is 0 Å². The van der Waals surface area contributed by atoms with E-state index < -0.39 is 0 Å². The summed E-state index contributed by atoms with van der Waals surface area (Å²) in [6, 6.07) is 6.28. The zero-order valence-electron chi connectivity index (χ0n) is 17.4. The van der Waals surface area contributed by atoms with Crippen LogP contribution in [0.1, 0.15) is 32.1 Å². The Kier molecular flexibility index (Phi) is 9.67. The molecular formula is C21H33Cl3N4O. The van der Waals surface area contributed by atoms with Gasteiger partial charge in [-0.15, -0.1) is 12.4 Å². The van der Waals surface area contributed by atoms with Crippen LogP contribution in [0.3, 0.4) is 0 Å². The van der Waals surface area contributed by atoms with Gasteiger partial charge in [0.1, 0.15) is 0 Å². The maximum atomic E-state index is 11.8. The zero-order valence-corrected chi connectivity index (χ0v) is 19.7. The lowest BCUT2D eigenvalue weighted by Crippen LogP contribution is -2.47. The van der Waals surface area contributed by atoms with Crippen molar-refractivity contribution in [3.63, 3.8) is 0 Å². The summed E-state index contributed by atoms with van der Waals surface area (Å²) in [5.74, 6) is 0.787. The lowest BCUT2D eigenvalue weighted by atomic mass is 9.83. The predicted molar refractivity (Wildman–Crippen MR) is 125 cm³/mol. The molecule has 5 nitrogen and oxygen atoms in total. The molecular weight excluding hydrogens is 431 g/mol. The lowest BCUT2D eigenvalue weighted by molar-refractivity contribution is 0.153. The van der Waals surface area contributed by atoms with Crippen LogP contribution in [0.2, 0.25) is 10.0 Å². The number of rotatable bonds is 5. The maximum Gasteiger partial charge on any atom is 0.317 e. The molecule has 0 spiro atoms. The van der Waals surface area contributed by atoms with Crippen molar-refractivity contribution in [2.24, 2.45) is 5.92 Å². The highest BCUT2D eigenvalue weighted by Gasteiger charge is 2.27. The van der Waals surface area contributed by atoms with E-state index in [0.717, 1.165) is 57.2 Å². The second-order valence-corrected chi connectivity index (χ2v) is 8.82. The third kappa shape index (κ3) is 6.30. The van der Waals surface area contributed by atoms with Gasteiger partial charge < -0.3 is 15.1 Å². The van der Waals surface area contributed by atoms with Crippen LogP contribution < -0.4 is 10.2 Å². The van der Waals surface area contributed by atoms with Gasteiger partial charge in [0.2, 0.25) is 0 Å². The molecule has 1 heterocycles. The Bertz CT molecular complexity index is 659. The molecule has 1 saturated heterocycles. The Labute approximate surface area is 191 Å². The Morgan fingerprint density at radius 3 is 2.41 bits per heavy atom. The number of carbonyl (C=O) groups excluding carboxylic acids is 1. The SMILES string of the molecule is CNC(=O)N(C)C1CCC(CCN2CCN(c3cccc(Cl)c3Cl)CC2)CC1.Cl. The number of amides is 2. The fraction of sp³-hybridized carbons (Fsp3) is 0.667. The normalized spacial score (nSPS) is 22.7. The van der Waals surface area contributed by atoms with E-state index in [1.165, 1.54) is 19.3 Å². The molecule has 29 heavy (non-hydrogen) atoms.